The smallest absolute Gasteiger partial charge is 0.199 e. The fourth-order valence-corrected chi connectivity index (χ4v) is 3.77. The van der Waals surface area contributed by atoms with Gasteiger partial charge in [-0.3, -0.25) is 4.90 Å². The third-order valence-corrected chi connectivity index (χ3v) is 5.50. The van der Waals surface area contributed by atoms with E-state index in [4.69, 9.17) is 4.99 Å². The van der Waals surface area contributed by atoms with Gasteiger partial charge in [-0.25, -0.2) is 9.38 Å². The van der Waals surface area contributed by atoms with Gasteiger partial charge in [-0.05, 0) is 49.0 Å². The third-order valence-electron chi connectivity index (χ3n) is 5.50. The molecule has 4 nitrogen and oxygen atoms in total. The lowest BCUT2D eigenvalue weighted by atomic mass is 10.0. The first-order valence-electron chi connectivity index (χ1n) is 10.5. The first kappa shape index (κ1) is 20.8. The van der Waals surface area contributed by atoms with Gasteiger partial charge in [0.1, 0.15) is 5.82 Å². The molecule has 1 heterocycles. The number of fused-ring (bicyclic) bond motifs is 1. The summed E-state index contributed by atoms with van der Waals surface area (Å²) in [6.07, 6.45) is 0. The van der Waals surface area contributed by atoms with Crippen LogP contribution in [0.25, 0.3) is 10.9 Å². The Balaban J connectivity index is 1.79. The van der Waals surface area contributed by atoms with E-state index in [0.717, 1.165) is 36.3 Å². The average Bonchev–Trinajstić information content (AvgIpc) is 3.11. The predicted octanol–water partition coefficient (Wildman–Crippen LogP) is 6.02. The minimum atomic E-state index is -0.359. The monoisotopic (exact) mass is 415 g/mol. The molecule has 0 saturated heterocycles. The molecule has 1 aromatic heterocycles. The molecule has 0 aliphatic heterocycles. The van der Waals surface area contributed by atoms with E-state index >= 15 is 0 Å². The summed E-state index contributed by atoms with van der Waals surface area (Å²) in [5.41, 5.74) is 4.62. The van der Waals surface area contributed by atoms with Crippen LogP contribution in [-0.2, 0) is 6.54 Å². The highest BCUT2D eigenvalue weighted by Gasteiger charge is 2.19. The number of aromatic hydroxyl groups is 1. The van der Waals surface area contributed by atoms with Crippen LogP contribution < -0.4 is 0 Å². The van der Waals surface area contributed by atoms with Crippen LogP contribution in [0.5, 0.6) is 5.88 Å². The van der Waals surface area contributed by atoms with E-state index in [2.05, 4.69) is 35.9 Å². The molecule has 0 unspecified atom stereocenters. The highest BCUT2D eigenvalue weighted by Crippen LogP contribution is 2.32. The largest absolute Gasteiger partial charge is 0.494 e. The van der Waals surface area contributed by atoms with Gasteiger partial charge >= 0.3 is 0 Å². The maximum atomic E-state index is 13.7. The molecule has 0 amide bonds. The molecule has 4 rings (SSSR count). The molecule has 31 heavy (non-hydrogen) atoms. The minimum absolute atomic E-state index is 0.0265. The van der Waals surface area contributed by atoms with Crippen molar-refractivity contribution < 1.29 is 9.50 Å². The summed E-state index contributed by atoms with van der Waals surface area (Å²) < 4.78 is 13.7. The zero-order valence-corrected chi connectivity index (χ0v) is 17.8. The number of benzene rings is 3. The number of nitrogens with one attached hydrogen (secondary N) is 1. The molecule has 5 heteroatoms. The van der Waals surface area contributed by atoms with Gasteiger partial charge in [0, 0.05) is 17.5 Å². The SMILES string of the molecule is CCN(CC)Cc1ccc(N=C(c2ccccc2)c2c(O)[nH]c3cc(F)ccc23)cc1. The Hall–Kier alpha value is -3.44. The Bertz CT molecular complexity index is 1190. The van der Waals surface area contributed by atoms with Gasteiger partial charge in [-0.1, -0.05) is 56.3 Å². The van der Waals surface area contributed by atoms with Crippen molar-refractivity contribution in [3.63, 3.8) is 0 Å². The predicted molar refractivity (Wildman–Crippen MR) is 125 cm³/mol. The van der Waals surface area contributed by atoms with Crippen LogP contribution in [0, 0.1) is 5.82 Å². The molecule has 0 atom stereocenters. The van der Waals surface area contributed by atoms with Crippen LogP contribution in [0.1, 0.15) is 30.5 Å². The van der Waals surface area contributed by atoms with Crippen molar-refractivity contribution in [1.29, 1.82) is 0 Å². The zero-order chi connectivity index (χ0) is 21.8. The van der Waals surface area contributed by atoms with Gasteiger partial charge in [0.2, 0.25) is 0 Å². The van der Waals surface area contributed by atoms with Crippen molar-refractivity contribution in [3.05, 3.63) is 95.3 Å². The van der Waals surface area contributed by atoms with Crippen LogP contribution in [0.15, 0.2) is 77.8 Å². The summed E-state index contributed by atoms with van der Waals surface area (Å²) in [5.74, 6) is -0.386. The lowest BCUT2D eigenvalue weighted by Crippen LogP contribution is -2.21. The number of rotatable bonds is 7. The molecule has 2 N–H and O–H groups in total. The second-order valence-electron chi connectivity index (χ2n) is 7.49. The molecule has 0 fully saturated rings. The first-order chi connectivity index (χ1) is 15.1. The van der Waals surface area contributed by atoms with Gasteiger partial charge < -0.3 is 10.1 Å². The van der Waals surface area contributed by atoms with Crippen molar-refractivity contribution in [2.75, 3.05) is 13.1 Å². The number of halogens is 1. The molecule has 0 aliphatic rings. The Labute approximate surface area is 181 Å². The standard InChI is InChI=1S/C26H26FN3O/c1-3-30(4-2)17-18-10-13-21(14-11-18)28-25(19-8-6-5-7-9-19)24-22-15-12-20(27)16-23(22)29-26(24)31/h5-16,29,31H,3-4,17H2,1-2H3. The number of hydrogen-bond donors (Lipinski definition) is 2. The van der Waals surface area contributed by atoms with E-state index in [-0.39, 0.29) is 11.7 Å². The summed E-state index contributed by atoms with van der Waals surface area (Å²) in [7, 11) is 0. The number of aromatic amines is 1. The molecule has 4 aromatic rings. The average molecular weight is 416 g/mol. The van der Waals surface area contributed by atoms with Crippen LogP contribution >= 0.6 is 0 Å². The van der Waals surface area contributed by atoms with E-state index in [1.165, 1.54) is 17.7 Å². The topological polar surface area (TPSA) is 51.6 Å². The van der Waals surface area contributed by atoms with Gasteiger partial charge in [0.15, 0.2) is 5.88 Å². The van der Waals surface area contributed by atoms with Gasteiger partial charge in [-0.15, -0.1) is 0 Å². The van der Waals surface area contributed by atoms with Crippen LogP contribution in [0.2, 0.25) is 0 Å². The van der Waals surface area contributed by atoms with Crippen LogP contribution in [0.4, 0.5) is 10.1 Å². The second-order valence-corrected chi connectivity index (χ2v) is 7.49. The van der Waals surface area contributed by atoms with E-state index < -0.39 is 0 Å². The summed E-state index contributed by atoms with van der Waals surface area (Å²) in [4.78, 5) is 10.1. The molecule has 0 radical (unpaired) electrons. The lowest BCUT2D eigenvalue weighted by Gasteiger charge is -2.17. The molecule has 0 spiro atoms. The quantitative estimate of drug-likeness (QED) is 0.363. The Kier molecular flexibility index (Phi) is 6.14. The number of H-pyrrole nitrogens is 1. The Morgan fingerprint density at radius 2 is 1.68 bits per heavy atom. The van der Waals surface area contributed by atoms with Crippen molar-refractivity contribution in [2.45, 2.75) is 20.4 Å². The number of aromatic nitrogens is 1. The molecule has 0 bridgehead atoms. The lowest BCUT2D eigenvalue weighted by molar-refractivity contribution is 0.296. The summed E-state index contributed by atoms with van der Waals surface area (Å²) in [5, 5.41) is 11.4. The van der Waals surface area contributed by atoms with Gasteiger partial charge in [0.25, 0.3) is 0 Å². The Morgan fingerprint density at radius 1 is 0.968 bits per heavy atom. The molecule has 3 aromatic carbocycles. The van der Waals surface area contributed by atoms with E-state index in [0.29, 0.717) is 16.8 Å². The second kappa shape index (κ2) is 9.14. The summed E-state index contributed by atoms with van der Waals surface area (Å²) in [6, 6.07) is 22.3. The highest BCUT2D eigenvalue weighted by molar-refractivity contribution is 6.21. The highest BCUT2D eigenvalue weighted by atomic mass is 19.1. The van der Waals surface area contributed by atoms with Crippen LogP contribution in [-0.4, -0.2) is 33.8 Å². The molecular formula is C26H26FN3O. The van der Waals surface area contributed by atoms with Gasteiger partial charge in [0.05, 0.1) is 22.5 Å². The maximum Gasteiger partial charge on any atom is 0.199 e. The Morgan fingerprint density at radius 3 is 2.35 bits per heavy atom. The summed E-state index contributed by atoms with van der Waals surface area (Å²) >= 11 is 0. The van der Waals surface area contributed by atoms with Crippen molar-refractivity contribution in [2.24, 2.45) is 4.99 Å². The zero-order valence-electron chi connectivity index (χ0n) is 17.8. The van der Waals surface area contributed by atoms with Crippen LogP contribution in [0.3, 0.4) is 0 Å². The van der Waals surface area contributed by atoms with Crippen molar-refractivity contribution in [3.8, 4) is 5.88 Å². The minimum Gasteiger partial charge on any atom is -0.494 e. The molecule has 158 valence electrons. The summed E-state index contributed by atoms with van der Waals surface area (Å²) in [6.45, 7) is 7.24. The van der Waals surface area contributed by atoms with E-state index in [9.17, 15) is 9.50 Å². The number of aliphatic imine (C=N–C) groups is 1. The molecule has 0 aliphatic carbocycles. The normalized spacial score (nSPS) is 12.1. The first-order valence-corrected chi connectivity index (χ1v) is 10.5. The fourth-order valence-electron chi connectivity index (χ4n) is 3.77. The molecular weight excluding hydrogens is 389 g/mol. The maximum absolute atomic E-state index is 13.7. The number of nitrogens with zero attached hydrogens (tertiary/aromatic N) is 2. The van der Waals surface area contributed by atoms with Crippen molar-refractivity contribution >= 4 is 22.3 Å². The van der Waals surface area contributed by atoms with Gasteiger partial charge in [-0.2, -0.15) is 0 Å². The fraction of sp³-hybridized carbons (Fsp3) is 0.192. The third kappa shape index (κ3) is 4.52. The molecule has 0 saturated carbocycles. The van der Waals surface area contributed by atoms with Crippen molar-refractivity contribution in [1.82, 2.24) is 9.88 Å². The van der Waals surface area contributed by atoms with E-state index in [1.54, 1.807) is 6.07 Å². The number of hydrogen-bond acceptors (Lipinski definition) is 3. The van der Waals surface area contributed by atoms with E-state index in [1.807, 2.05) is 42.5 Å².